The molecule has 4 heteroatoms. The lowest BCUT2D eigenvalue weighted by Gasteiger charge is -2.14. The van der Waals surface area contributed by atoms with Gasteiger partial charge in [0.2, 0.25) is 0 Å². The van der Waals surface area contributed by atoms with Gasteiger partial charge in [-0.3, -0.25) is 4.98 Å². The third-order valence-corrected chi connectivity index (χ3v) is 2.51. The molecule has 2 aromatic rings. The fourth-order valence-electron chi connectivity index (χ4n) is 1.51. The van der Waals surface area contributed by atoms with Crippen LogP contribution in [0.15, 0.2) is 30.5 Å². The molecule has 0 spiro atoms. The number of aliphatic hydroxyl groups is 1. The molecule has 2 N–H and O–H groups in total. The second-order valence-electron chi connectivity index (χ2n) is 3.68. The van der Waals surface area contributed by atoms with Gasteiger partial charge in [0.15, 0.2) is 0 Å². The molecular formula is C12H15N3O. The van der Waals surface area contributed by atoms with Crippen molar-refractivity contribution in [3.63, 3.8) is 0 Å². The predicted octanol–water partition coefficient (Wildman–Crippen LogP) is 1.81. The Kier molecular flexibility index (Phi) is 3.31. The highest BCUT2D eigenvalue weighted by atomic mass is 16.3. The van der Waals surface area contributed by atoms with Crippen LogP contribution in [-0.4, -0.2) is 27.7 Å². The molecule has 4 nitrogen and oxygen atoms in total. The zero-order chi connectivity index (χ0) is 11.4. The summed E-state index contributed by atoms with van der Waals surface area (Å²) in [6, 6.07) is 7.76. The summed E-state index contributed by atoms with van der Waals surface area (Å²) in [4.78, 5) is 8.72. The average Bonchev–Trinajstić information content (AvgIpc) is 2.35. The van der Waals surface area contributed by atoms with Gasteiger partial charge in [-0.2, -0.15) is 0 Å². The molecule has 1 heterocycles. The third kappa shape index (κ3) is 2.28. The quantitative estimate of drug-likeness (QED) is 0.820. The fraction of sp³-hybridized carbons (Fsp3) is 0.333. The molecule has 0 saturated carbocycles. The monoisotopic (exact) mass is 217 g/mol. The summed E-state index contributed by atoms with van der Waals surface area (Å²) < 4.78 is 0. The molecule has 0 aliphatic rings. The number of para-hydroxylation sites is 2. The number of nitrogens with zero attached hydrogens (tertiary/aromatic N) is 2. The second-order valence-corrected chi connectivity index (χ2v) is 3.68. The molecule has 0 aliphatic heterocycles. The Morgan fingerprint density at radius 2 is 2.06 bits per heavy atom. The molecule has 84 valence electrons. The van der Waals surface area contributed by atoms with Gasteiger partial charge in [-0.1, -0.05) is 19.1 Å². The minimum atomic E-state index is 0.0375. The first-order valence-corrected chi connectivity index (χ1v) is 5.42. The Hall–Kier alpha value is -1.68. The van der Waals surface area contributed by atoms with Crippen molar-refractivity contribution in [3.8, 4) is 0 Å². The van der Waals surface area contributed by atoms with Crippen LogP contribution >= 0.6 is 0 Å². The maximum atomic E-state index is 9.09. The van der Waals surface area contributed by atoms with E-state index < -0.39 is 0 Å². The van der Waals surface area contributed by atoms with Crippen molar-refractivity contribution >= 4 is 16.9 Å². The number of nitrogens with one attached hydrogen (secondary N) is 1. The van der Waals surface area contributed by atoms with Crippen LogP contribution in [0.2, 0.25) is 0 Å². The maximum absolute atomic E-state index is 9.09. The SMILES string of the molecule is CCC(CO)Nc1cnc2ccccc2n1. The van der Waals surface area contributed by atoms with Crippen LogP contribution < -0.4 is 5.32 Å². The van der Waals surface area contributed by atoms with Gasteiger partial charge < -0.3 is 10.4 Å². The molecule has 0 aliphatic carbocycles. The largest absolute Gasteiger partial charge is 0.394 e. The lowest BCUT2D eigenvalue weighted by molar-refractivity contribution is 0.271. The van der Waals surface area contributed by atoms with Gasteiger partial charge in [0.1, 0.15) is 5.82 Å². The molecule has 1 aromatic carbocycles. The van der Waals surface area contributed by atoms with E-state index in [4.69, 9.17) is 5.11 Å². The van der Waals surface area contributed by atoms with Crippen molar-refractivity contribution in [2.75, 3.05) is 11.9 Å². The first kappa shape index (κ1) is 10.8. The van der Waals surface area contributed by atoms with Gasteiger partial charge >= 0.3 is 0 Å². The van der Waals surface area contributed by atoms with Crippen LogP contribution in [0.4, 0.5) is 5.82 Å². The Morgan fingerprint density at radius 1 is 1.31 bits per heavy atom. The van der Waals surface area contributed by atoms with Crippen LogP contribution in [-0.2, 0) is 0 Å². The first-order chi connectivity index (χ1) is 7.83. The van der Waals surface area contributed by atoms with E-state index in [0.29, 0.717) is 5.82 Å². The van der Waals surface area contributed by atoms with Crippen LogP contribution in [0.5, 0.6) is 0 Å². The number of hydrogen-bond donors (Lipinski definition) is 2. The normalized spacial score (nSPS) is 12.6. The Bertz CT molecular complexity index is 469. The summed E-state index contributed by atoms with van der Waals surface area (Å²) in [6.07, 6.45) is 2.55. The Labute approximate surface area is 94.4 Å². The van der Waals surface area contributed by atoms with Crippen LogP contribution in [0.25, 0.3) is 11.0 Å². The zero-order valence-corrected chi connectivity index (χ0v) is 9.22. The molecule has 2 rings (SSSR count). The van der Waals surface area contributed by atoms with Crippen molar-refractivity contribution in [1.29, 1.82) is 0 Å². The minimum Gasteiger partial charge on any atom is -0.394 e. The lowest BCUT2D eigenvalue weighted by atomic mass is 10.2. The summed E-state index contributed by atoms with van der Waals surface area (Å²) in [5.74, 6) is 0.708. The number of aromatic nitrogens is 2. The summed E-state index contributed by atoms with van der Waals surface area (Å²) in [5, 5.41) is 12.2. The number of benzene rings is 1. The first-order valence-electron chi connectivity index (χ1n) is 5.42. The highest BCUT2D eigenvalue weighted by Crippen LogP contribution is 2.12. The highest BCUT2D eigenvalue weighted by Gasteiger charge is 2.05. The van der Waals surface area contributed by atoms with E-state index in [0.717, 1.165) is 17.5 Å². The zero-order valence-electron chi connectivity index (χ0n) is 9.22. The molecule has 0 amide bonds. The molecule has 1 aromatic heterocycles. The number of hydrogen-bond acceptors (Lipinski definition) is 4. The van der Waals surface area contributed by atoms with E-state index >= 15 is 0 Å². The topological polar surface area (TPSA) is 58.0 Å². The molecule has 0 radical (unpaired) electrons. The van der Waals surface area contributed by atoms with Gasteiger partial charge in [-0.25, -0.2) is 4.98 Å². The van der Waals surface area contributed by atoms with E-state index in [1.807, 2.05) is 31.2 Å². The summed E-state index contributed by atoms with van der Waals surface area (Å²) in [7, 11) is 0. The van der Waals surface area contributed by atoms with Gasteiger partial charge in [0.05, 0.1) is 29.9 Å². The maximum Gasteiger partial charge on any atom is 0.145 e. The number of fused-ring (bicyclic) bond motifs is 1. The van der Waals surface area contributed by atoms with Gasteiger partial charge in [-0.15, -0.1) is 0 Å². The standard InChI is InChI=1S/C12H15N3O/c1-2-9(8-16)14-12-7-13-10-5-3-4-6-11(10)15-12/h3-7,9,16H,2,8H2,1H3,(H,14,15). The molecule has 1 unspecified atom stereocenters. The van der Waals surface area contributed by atoms with E-state index in [2.05, 4.69) is 15.3 Å². The van der Waals surface area contributed by atoms with E-state index in [9.17, 15) is 0 Å². The Morgan fingerprint density at radius 3 is 2.75 bits per heavy atom. The lowest BCUT2D eigenvalue weighted by Crippen LogP contribution is -2.23. The highest BCUT2D eigenvalue weighted by molar-refractivity contribution is 5.75. The van der Waals surface area contributed by atoms with Crippen molar-refractivity contribution in [1.82, 2.24) is 9.97 Å². The molecule has 0 bridgehead atoms. The van der Waals surface area contributed by atoms with Crippen molar-refractivity contribution in [2.45, 2.75) is 19.4 Å². The van der Waals surface area contributed by atoms with Gasteiger partial charge in [0.25, 0.3) is 0 Å². The van der Waals surface area contributed by atoms with Crippen LogP contribution in [0.1, 0.15) is 13.3 Å². The molecular weight excluding hydrogens is 202 g/mol. The smallest absolute Gasteiger partial charge is 0.145 e. The Balaban J connectivity index is 2.25. The third-order valence-electron chi connectivity index (χ3n) is 2.51. The van der Waals surface area contributed by atoms with E-state index in [1.54, 1.807) is 6.20 Å². The number of rotatable bonds is 4. The average molecular weight is 217 g/mol. The van der Waals surface area contributed by atoms with Crippen LogP contribution in [0, 0.1) is 0 Å². The van der Waals surface area contributed by atoms with Gasteiger partial charge in [-0.05, 0) is 18.6 Å². The fourth-order valence-corrected chi connectivity index (χ4v) is 1.51. The minimum absolute atomic E-state index is 0.0375. The van der Waals surface area contributed by atoms with Gasteiger partial charge in [0, 0.05) is 0 Å². The van der Waals surface area contributed by atoms with E-state index in [-0.39, 0.29) is 12.6 Å². The van der Waals surface area contributed by atoms with Crippen LogP contribution in [0.3, 0.4) is 0 Å². The molecule has 0 fully saturated rings. The second kappa shape index (κ2) is 4.90. The van der Waals surface area contributed by atoms with Crippen molar-refractivity contribution in [2.24, 2.45) is 0 Å². The summed E-state index contributed by atoms with van der Waals surface area (Å²) >= 11 is 0. The molecule has 16 heavy (non-hydrogen) atoms. The number of aliphatic hydroxyl groups excluding tert-OH is 1. The summed E-state index contributed by atoms with van der Waals surface area (Å²) in [6.45, 7) is 2.12. The molecule has 0 saturated heterocycles. The van der Waals surface area contributed by atoms with E-state index in [1.165, 1.54) is 0 Å². The predicted molar refractivity (Wildman–Crippen MR) is 64.3 cm³/mol. The van der Waals surface area contributed by atoms with Crippen molar-refractivity contribution < 1.29 is 5.11 Å². The number of anilines is 1. The molecule has 1 atom stereocenters. The summed E-state index contributed by atoms with van der Waals surface area (Å²) in [5.41, 5.74) is 1.74. The van der Waals surface area contributed by atoms with Crippen molar-refractivity contribution in [3.05, 3.63) is 30.5 Å².